The first kappa shape index (κ1) is 14.5. The van der Waals surface area contributed by atoms with Gasteiger partial charge in [-0.05, 0) is 30.3 Å². The van der Waals surface area contributed by atoms with Crippen LogP contribution in [-0.4, -0.2) is 13.7 Å². The highest BCUT2D eigenvalue weighted by Crippen LogP contribution is 2.29. The molecule has 0 saturated carbocycles. The van der Waals surface area contributed by atoms with Gasteiger partial charge in [0.1, 0.15) is 5.82 Å². The van der Waals surface area contributed by atoms with E-state index < -0.39 is 5.82 Å². The fraction of sp³-hybridized carbons (Fsp3) is 0.250. The largest absolute Gasteiger partial charge is 0.494 e. The van der Waals surface area contributed by atoms with Crippen molar-refractivity contribution in [3.05, 3.63) is 65.2 Å². The zero-order chi connectivity index (χ0) is 14.5. The van der Waals surface area contributed by atoms with Crippen LogP contribution in [0.4, 0.5) is 8.78 Å². The average Bonchev–Trinajstić information content (AvgIpc) is 2.47. The minimum absolute atomic E-state index is 0.201. The van der Waals surface area contributed by atoms with Gasteiger partial charge in [-0.2, -0.15) is 0 Å². The Kier molecular flexibility index (Phi) is 4.69. The molecule has 2 aromatic rings. The Balaban J connectivity index is 2.45. The summed E-state index contributed by atoms with van der Waals surface area (Å²) in [6.45, 7) is 2.60. The maximum absolute atomic E-state index is 14.4. The van der Waals surface area contributed by atoms with Crippen molar-refractivity contribution in [3.8, 4) is 5.75 Å². The lowest BCUT2D eigenvalue weighted by molar-refractivity contribution is 0.381. The molecule has 1 N–H and O–H groups in total. The third-order valence-electron chi connectivity index (χ3n) is 3.14. The van der Waals surface area contributed by atoms with Crippen molar-refractivity contribution in [3.63, 3.8) is 0 Å². The number of benzene rings is 2. The second-order valence-corrected chi connectivity index (χ2v) is 4.41. The molecule has 0 spiro atoms. The molecule has 0 aliphatic carbocycles. The molecule has 1 unspecified atom stereocenters. The molecule has 1 atom stereocenters. The first-order valence-corrected chi connectivity index (χ1v) is 6.48. The Morgan fingerprint density at radius 3 is 2.40 bits per heavy atom. The van der Waals surface area contributed by atoms with Gasteiger partial charge in [-0.1, -0.05) is 31.2 Å². The zero-order valence-electron chi connectivity index (χ0n) is 11.5. The Morgan fingerprint density at radius 2 is 1.80 bits per heavy atom. The predicted octanol–water partition coefficient (Wildman–Crippen LogP) is 3.67. The fourth-order valence-corrected chi connectivity index (χ4v) is 2.18. The lowest BCUT2D eigenvalue weighted by atomic mass is 9.97. The van der Waals surface area contributed by atoms with Gasteiger partial charge in [0.25, 0.3) is 0 Å². The van der Waals surface area contributed by atoms with Gasteiger partial charge in [0.15, 0.2) is 11.6 Å². The van der Waals surface area contributed by atoms with Crippen molar-refractivity contribution in [1.82, 2.24) is 5.32 Å². The van der Waals surface area contributed by atoms with Crippen molar-refractivity contribution >= 4 is 0 Å². The molecule has 0 radical (unpaired) electrons. The summed E-state index contributed by atoms with van der Waals surface area (Å²) in [5.74, 6) is -0.507. The second-order valence-electron chi connectivity index (χ2n) is 4.41. The summed E-state index contributed by atoms with van der Waals surface area (Å²) in [4.78, 5) is 0. The van der Waals surface area contributed by atoms with Gasteiger partial charge in [0.2, 0.25) is 0 Å². The highest BCUT2D eigenvalue weighted by Gasteiger charge is 2.19. The Bertz CT molecular complexity index is 569. The summed E-state index contributed by atoms with van der Waals surface area (Å²) in [6, 6.07) is 10.7. The lowest BCUT2D eigenvalue weighted by Gasteiger charge is -2.20. The average molecular weight is 277 g/mol. The van der Waals surface area contributed by atoms with Crippen molar-refractivity contribution in [2.24, 2.45) is 0 Å². The monoisotopic (exact) mass is 277 g/mol. The molecular weight excluding hydrogens is 260 g/mol. The van der Waals surface area contributed by atoms with E-state index in [1.54, 1.807) is 30.3 Å². The Morgan fingerprint density at radius 1 is 1.10 bits per heavy atom. The van der Waals surface area contributed by atoms with E-state index in [9.17, 15) is 8.78 Å². The third kappa shape index (κ3) is 2.96. The van der Waals surface area contributed by atoms with E-state index in [1.165, 1.54) is 19.2 Å². The third-order valence-corrected chi connectivity index (χ3v) is 3.14. The molecule has 2 rings (SSSR count). The molecule has 4 heteroatoms. The molecule has 0 aliphatic heterocycles. The first-order chi connectivity index (χ1) is 9.67. The smallest absolute Gasteiger partial charge is 0.170 e. The zero-order valence-corrected chi connectivity index (χ0v) is 11.5. The minimum Gasteiger partial charge on any atom is -0.494 e. The van der Waals surface area contributed by atoms with Gasteiger partial charge in [-0.25, -0.2) is 8.78 Å². The number of hydrogen-bond donors (Lipinski definition) is 1. The van der Waals surface area contributed by atoms with Gasteiger partial charge in [0.05, 0.1) is 13.2 Å². The van der Waals surface area contributed by atoms with Crippen LogP contribution >= 0.6 is 0 Å². The molecule has 0 fully saturated rings. The van der Waals surface area contributed by atoms with Crippen LogP contribution in [0.3, 0.4) is 0 Å². The second kappa shape index (κ2) is 6.48. The molecule has 0 bridgehead atoms. The fourth-order valence-electron chi connectivity index (χ4n) is 2.18. The maximum atomic E-state index is 14.4. The SMILES string of the molecule is CCNC(c1ccc(F)cc1)c1cccc(OC)c1F. The predicted molar refractivity (Wildman–Crippen MR) is 74.9 cm³/mol. The van der Waals surface area contributed by atoms with Crippen LogP contribution in [0, 0.1) is 11.6 Å². The Labute approximate surface area is 117 Å². The van der Waals surface area contributed by atoms with Crippen LogP contribution in [0.2, 0.25) is 0 Å². The standard InChI is InChI=1S/C16H17F2NO/c1-3-19-16(11-7-9-12(17)10-8-11)13-5-4-6-14(20-2)15(13)18/h4-10,16,19H,3H2,1-2H3. The minimum atomic E-state index is -0.398. The van der Waals surface area contributed by atoms with Crippen LogP contribution in [0.5, 0.6) is 5.75 Å². The highest BCUT2D eigenvalue weighted by molar-refractivity contribution is 5.38. The molecule has 0 aliphatic rings. The molecule has 106 valence electrons. The lowest BCUT2D eigenvalue weighted by Crippen LogP contribution is -2.23. The normalized spacial score (nSPS) is 12.2. The van der Waals surface area contributed by atoms with E-state index in [-0.39, 0.29) is 17.6 Å². The molecule has 0 aromatic heterocycles. The first-order valence-electron chi connectivity index (χ1n) is 6.48. The highest BCUT2D eigenvalue weighted by atomic mass is 19.1. The van der Waals surface area contributed by atoms with Crippen LogP contribution in [0.25, 0.3) is 0 Å². The molecular formula is C16H17F2NO. The summed E-state index contributed by atoms with van der Waals surface area (Å²) in [5, 5.41) is 3.21. The van der Waals surface area contributed by atoms with E-state index in [4.69, 9.17) is 4.74 Å². The van der Waals surface area contributed by atoms with Gasteiger partial charge < -0.3 is 10.1 Å². The van der Waals surface area contributed by atoms with Crippen molar-refractivity contribution in [1.29, 1.82) is 0 Å². The number of halogens is 2. The summed E-state index contributed by atoms with van der Waals surface area (Å²) in [7, 11) is 1.43. The number of hydrogen-bond acceptors (Lipinski definition) is 2. The van der Waals surface area contributed by atoms with Crippen LogP contribution in [-0.2, 0) is 0 Å². The number of methoxy groups -OCH3 is 1. The van der Waals surface area contributed by atoms with Gasteiger partial charge >= 0.3 is 0 Å². The summed E-state index contributed by atoms with van der Waals surface area (Å²) in [5.41, 5.74) is 1.29. The van der Waals surface area contributed by atoms with Crippen molar-refractivity contribution in [2.75, 3.05) is 13.7 Å². The van der Waals surface area contributed by atoms with E-state index >= 15 is 0 Å². The van der Waals surface area contributed by atoms with Gasteiger partial charge in [-0.15, -0.1) is 0 Å². The van der Waals surface area contributed by atoms with Crippen LogP contribution in [0.1, 0.15) is 24.1 Å². The number of rotatable bonds is 5. The maximum Gasteiger partial charge on any atom is 0.170 e. The number of ether oxygens (including phenoxy) is 1. The summed E-state index contributed by atoms with van der Waals surface area (Å²) >= 11 is 0. The molecule has 0 heterocycles. The van der Waals surface area contributed by atoms with Crippen LogP contribution < -0.4 is 10.1 Å². The van der Waals surface area contributed by atoms with E-state index in [2.05, 4.69) is 5.32 Å². The van der Waals surface area contributed by atoms with Gasteiger partial charge in [-0.3, -0.25) is 0 Å². The summed E-state index contributed by atoms with van der Waals surface area (Å²) < 4.78 is 32.4. The molecule has 2 aromatic carbocycles. The number of nitrogens with one attached hydrogen (secondary N) is 1. The molecule has 0 saturated heterocycles. The topological polar surface area (TPSA) is 21.3 Å². The van der Waals surface area contributed by atoms with Crippen molar-refractivity contribution < 1.29 is 13.5 Å². The quantitative estimate of drug-likeness (QED) is 0.900. The molecule has 2 nitrogen and oxygen atoms in total. The van der Waals surface area contributed by atoms with Crippen molar-refractivity contribution in [2.45, 2.75) is 13.0 Å². The van der Waals surface area contributed by atoms with E-state index in [0.717, 1.165) is 5.56 Å². The van der Waals surface area contributed by atoms with Gasteiger partial charge in [0, 0.05) is 5.56 Å². The molecule has 0 amide bonds. The Hall–Kier alpha value is -1.94. The van der Waals surface area contributed by atoms with E-state index in [1.807, 2.05) is 6.92 Å². The molecule has 20 heavy (non-hydrogen) atoms. The van der Waals surface area contributed by atoms with Crippen LogP contribution in [0.15, 0.2) is 42.5 Å². The summed E-state index contributed by atoms with van der Waals surface area (Å²) in [6.07, 6.45) is 0. The van der Waals surface area contributed by atoms with E-state index in [0.29, 0.717) is 12.1 Å².